The average Bonchev–Trinajstić information content (AvgIpc) is 3.36. The third kappa shape index (κ3) is 4.41. The fraction of sp³-hybridized carbons (Fsp3) is 0.484. The third-order valence-corrected chi connectivity index (χ3v) is 8.56. The minimum atomic E-state index is -1.12. The molecule has 2 atom stereocenters. The molecule has 1 N–H and O–H groups in total. The van der Waals surface area contributed by atoms with Crippen LogP contribution in [0.3, 0.4) is 0 Å². The third-order valence-electron chi connectivity index (χ3n) is 8.56. The summed E-state index contributed by atoms with van der Waals surface area (Å²) in [6.45, 7) is 10.7. The molecule has 2 amide bonds. The van der Waals surface area contributed by atoms with E-state index in [-0.39, 0.29) is 30.4 Å². The molecule has 2 unspecified atom stereocenters. The summed E-state index contributed by atoms with van der Waals surface area (Å²) in [5, 5.41) is 1.07. The summed E-state index contributed by atoms with van der Waals surface area (Å²) in [6.07, 6.45) is 0.0125. The van der Waals surface area contributed by atoms with Gasteiger partial charge in [-0.05, 0) is 50.1 Å². The Bertz CT molecular complexity index is 1430. The number of fused-ring (bicyclic) bond motifs is 5. The molecule has 2 fully saturated rings. The van der Waals surface area contributed by atoms with Crippen LogP contribution in [0, 0.1) is 0 Å². The number of amides is 2. The number of para-hydroxylation sites is 1. The van der Waals surface area contributed by atoms with Gasteiger partial charge in [-0.25, -0.2) is 0 Å². The summed E-state index contributed by atoms with van der Waals surface area (Å²) in [5.74, 6) is 1.12. The molecule has 0 bridgehead atoms. The van der Waals surface area contributed by atoms with Gasteiger partial charge in [-0.3, -0.25) is 14.5 Å². The number of rotatable bonds is 7. The molecular weight excluding hydrogens is 508 g/mol. The SMILES string of the molecule is COc1cc(C2CN3C(=O)CN(CCN4CCOCC4)C(=O)C3(C)c3[nH]c4ccccc4c32)ccc1OC(C)C. The highest BCUT2D eigenvalue weighted by Crippen LogP contribution is 2.49. The van der Waals surface area contributed by atoms with Gasteiger partial charge < -0.3 is 29.0 Å². The molecule has 4 heterocycles. The second-order valence-electron chi connectivity index (χ2n) is 11.3. The first-order valence-electron chi connectivity index (χ1n) is 14.2. The van der Waals surface area contributed by atoms with E-state index >= 15 is 0 Å². The van der Waals surface area contributed by atoms with Crippen LogP contribution in [-0.2, 0) is 19.9 Å². The molecular formula is C31H38N4O5. The number of benzene rings is 2. The number of carbonyl (C=O) groups excluding carboxylic acids is 2. The molecule has 0 saturated carbocycles. The minimum Gasteiger partial charge on any atom is -0.493 e. The molecule has 212 valence electrons. The molecule has 6 rings (SSSR count). The average molecular weight is 547 g/mol. The molecule has 1 aromatic heterocycles. The fourth-order valence-corrected chi connectivity index (χ4v) is 6.49. The molecule has 40 heavy (non-hydrogen) atoms. The Hall–Kier alpha value is -3.56. The van der Waals surface area contributed by atoms with Gasteiger partial charge >= 0.3 is 0 Å². The summed E-state index contributed by atoms with van der Waals surface area (Å²) >= 11 is 0. The Labute approximate surface area is 235 Å². The van der Waals surface area contributed by atoms with E-state index in [0.29, 0.717) is 37.8 Å². The quantitative estimate of drug-likeness (QED) is 0.489. The number of aromatic nitrogens is 1. The zero-order valence-corrected chi connectivity index (χ0v) is 23.7. The van der Waals surface area contributed by atoms with Crippen molar-refractivity contribution < 1.29 is 23.8 Å². The fourth-order valence-electron chi connectivity index (χ4n) is 6.49. The monoisotopic (exact) mass is 546 g/mol. The van der Waals surface area contributed by atoms with Crippen LogP contribution < -0.4 is 9.47 Å². The topological polar surface area (TPSA) is 87.3 Å². The van der Waals surface area contributed by atoms with Crippen LogP contribution >= 0.6 is 0 Å². The summed E-state index contributed by atoms with van der Waals surface area (Å²) < 4.78 is 17.1. The highest BCUT2D eigenvalue weighted by Gasteiger charge is 2.56. The predicted octanol–water partition coefficient (Wildman–Crippen LogP) is 3.33. The van der Waals surface area contributed by atoms with Crippen molar-refractivity contribution in [2.45, 2.75) is 38.3 Å². The van der Waals surface area contributed by atoms with Gasteiger partial charge in [0, 0.05) is 49.5 Å². The molecule has 2 aromatic carbocycles. The van der Waals surface area contributed by atoms with Gasteiger partial charge in [-0.15, -0.1) is 0 Å². The van der Waals surface area contributed by atoms with Gasteiger partial charge in [-0.1, -0.05) is 24.3 Å². The van der Waals surface area contributed by atoms with Crippen molar-refractivity contribution >= 4 is 22.7 Å². The zero-order chi connectivity index (χ0) is 28.0. The van der Waals surface area contributed by atoms with Crippen molar-refractivity contribution in [2.75, 3.05) is 59.6 Å². The minimum absolute atomic E-state index is 0.0125. The second kappa shape index (κ2) is 10.4. The van der Waals surface area contributed by atoms with Crippen LogP contribution in [0.5, 0.6) is 11.5 Å². The van der Waals surface area contributed by atoms with E-state index in [1.165, 1.54) is 0 Å². The number of nitrogens with zero attached hydrogens (tertiary/aromatic N) is 3. The number of hydrogen-bond acceptors (Lipinski definition) is 6. The Balaban J connectivity index is 1.41. The van der Waals surface area contributed by atoms with Crippen molar-refractivity contribution in [3.63, 3.8) is 0 Å². The van der Waals surface area contributed by atoms with Gasteiger partial charge in [0.1, 0.15) is 0 Å². The van der Waals surface area contributed by atoms with E-state index in [0.717, 1.165) is 47.4 Å². The standard InChI is InChI=1S/C31H38N4O5/c1-20(2)40-25-10-9-21(17-26(25)38-4)23-18-35-27(36)19-34(12-11-33-13-15-39-16-14-33)30(37)31(35,3)29-28(23)22-7-5-6-8-24(22)32-29/h5-10,17,20,23,32H,11-16,18-19H2,1-4H3. The molecule has 9 nitrogen and oxygen atoms in total. The van der Waals surface area contributed by atoms with Crippen LogP contribution in [-0.4, -0.2) is 97.2 Å². The van der Waals surface area contributed by atoms with Gasteiger partial charge in [0.05, 0.1) is 38.7 Å². The van der Waals surface area contributed by atoms with E-state index in [9.17, 15) is 9.59 Å². The maximum atomic E-state index is 14.3. The number of H-pyrrole nitrogens is 1. The van der Waals surface area contributed by atoms with Crippen molar-refractivity contribution in [1.29, 1.82) is 0 Å². The maximum Gasteiger partial charge on any atom is 0.254 e. The van der Waals surface area contributed by atoms with Gasteiger partial charge in [0.25, 0.3) is 5.91 Å². The molecule has 3 aliphatic heterocycles. The first-order chi connectivity index (χ1) is 19.3. The lowest BCUT2D eigenvalue weighted by atomic mass is 9.76. The van der Waals surface area contributed by atoms with Gasteiger partial charge in [0.15, 0.2) is 17.0 Å². The van der Waals surface area contributed by atoms with E-state index < -0.39 is 5.54 Å². The molecule has 3 aliphatic rings. The smallest absolute Gasteiger partial charge is 0.254 e. The maximum absolute atomic E-state index is 14.3. The summed E-state index contributed by atoms with van der Waals surface area (Å²) in [4.78, 5) is 37.4. The van der Waals surface area contributed by atoms with Crippen LogP contribution in [0.4, 0.5) is 0 Å². The summed E-state index contributed by atoms with van der Waals surface area (Å²) in [5.41, 5.74) is 2.70. The second-order valence-corrected chi connectivity index (χ2v) is 11.3. The largest absolute Gasteiger partial charge is 0.493 e. The van der Waals surface area contributed by atoms with Crippen molar-refractivity contribution in [3.8, 4) is 11.5 Å². The van der Waals surface area contributed by atoms with E-state index in [1.54, 1.807) is 16.9 Å². The molecule has 9 heteroatoms. The highest BCUT2D eigenvalue weighted by atomic mass is 16.5. The van der Waals surface area contributed by atoms with Crippen LogP contribution in [0.1, 0.15) is 43.5 Å². The summed E-state index contributed by atoms with van der Waals surface area (Å²) in [7, 11) is 1.64. The molecule has 2 saturated heterocycles. The van der Waals surface area contributed by atoms with Gasteiger partial charge in [-0.2, -0.15) is 0 Å². The Morgan fingerprint density at radius 2 is 1.85 bits per heavy atom. The van der Waals surface area contributed by atoms with E-state index in [1.807, 2.05) is 57.2 Å². The summed E-state index contributed by atoms with van der Waals surface area (Å²) in [6, 6.07) is 14.1. The number of methoxy groups -OCH3 is 1. The first kappa shape index (κ1) is 26.7. The molecule has 3 aromatic rings. The number of morpholine rings is 1. The Morgan fingerprint density at radius 3 is 2.60 bits per heavy atom. The lowest BCUT2D eigenvalue weighted by molar-refractivity contribution is -0.166. The molecule has 0 radical (unpaired) electrons. The van der Waals surface area contributed by atoms with E-state index in [4.69, 9.17) is 14.2 Å². The lowest BCUT2D eigenvalue weighted by Gasteiger charge is -2.51. The van der Waals surface area contributed by atoms with Crippen molar-refractivity contribution in [3.05, 3.63) is 59.3 Å². The number of piperazine rings is 1. The Morgan fingerprint density at radius 1 is 1.07 bits per heavy atom. The predicted molar refractivity (Wildman–Crippen MR) is 152 cm³/mol. The molecule has 0 aliphatic carbocycles. The number of ether oxygens (including phenoxy) is 3. The number of hydrogen-bond donors (Lipinski definition) is 1. The normalized spacial score (nSPS) is 23.5. The van der Waals surface area contributed by atoms with Crippen LogP contribution in [0.2, 0.25) is 0 Å². The van der Waals surface area contributed by atoms with Crippen molar-refractivity contribution in [2.24, 2.45) is 0 Å². The Kier molecular flexibility index (Phi) is 6.96. The lowest BCUT2D eigenvalue weighted by Crippen LogP contribution is -2.68. The molecule has 0 spiro atoms. The number of nitrogens with one attached hydrogen (secondary N) is 1. The van der Waals surface area contributed by atoms with Gasteiger partial charge in [0.2, 0.25) is 5.91 Å². The first-order valence-corrected chi connectivity index (χ1v) is 14.2. The zero-order valence-electron chi connectivity index (χ0n) is 23.7. The highest BCUT2D eigenvalue weighted by molar-refractivity contribution is 6.01. The van der Waals surface area contributed by atoms with E-state index in [2.05, 4.69) is 16.0 Å². The number of aromatic amines is 1. The van der Waals surface area contributed by atoms with Crippen molar-refractivity contribution in [1.82, 2.24) is 19.7 Å². The number of carbonyl (C=O) groups is 2. The van der Waals surface area contributed by atoms with Crippen LogP contribution in [0.25, 0.3) is 10.9 Å². The van der Waals surface area contributed by atoms with Crippen LogP contribution in [0.15, 0.2) is 42.5 Å².